The second kappa shape index (κ2) is 6.04. The fourth-order valence-electron chi connectivity index (χ4n) is 3.09. The van der Waals surface area contributed by atoms with Crippen LogP contribution in [0, 0.1) is 0 Å². The molecule has 0 bridgehead atoms. The van der Waals surface area contributed by atoms with Gasteiger partial charge in [-0.15, -0.1) is 10.2 Å². The van der Waals surface area contributed by atoms with Crippen LogP contribution in [0.25, 0.3) is 0 Å². The van der Waals surface area contributed by atoms with E-state index >= 15 is 0 Å². The molecule has 2 aromatic rings. The second-order valence-corrected chi connectivity index (χ2v) is 6.14. The molecular formula is C16H23N5O. The van der Waals surface area contributed by atoms with Gasteiger partial charge in [-0.1, -0.05) is 6.92 Å². The minimum atomic E-state index is -0.755. The fraction of sp³-hybridized carbons (Fsp3) is 0.562. The van der Waals surface area contributed by atoms with Crippen LogP contribution in [0.3, 0.4) is 0 Å². The van der Waals surface area contributed by atoms with Gasteiger partial charge in [0.25, 0.3) is 0 Å². The molecule has 0 saturated carbocycles. The molecule has 1 saturated heterocycles. The lowest BCUT2D eigenvalue weighted by atomic mass is 9.89. The van der Waals surface area contributed by atoms with Crippen molar-refractivity contribution in [2.45, 2.75) is 38.2 Å². The third-order valence-corrected chi connectivity index (χ3v) is 4.38. The summed E-state index contributed by atoms with van der Waals surface area (Å²) in [7, 11) is 1.91. The SMILES string of the molecule is CCc1cc(N2CCCC(O)(Cc3nncn3C)C2)ccn1. The Kier molecular flexibility index (Phi) is 4.11. The van der Waals surface area contributed by atoms with Crippen molar-refractivity contribution in [3.63, 3.8) is 0 Å². The monoisotopic (exact) mass is 301 g/mol. The number of pyridine rings is 1. The van der Waals surface area contributed by atoms with Gasteiger partial charge in [0.1, 0.15) is 12.2 Å². The van der Waals surface area contributed by atoms with Crippen molar-refractivity contribution < 1.29 is 5.11 Å². The molecule has 3 rings (SSSR count). The first-order valence-electron chi connectivity index (χ1n) is 7.85. The van der Waals surface area contributed by atoms with Crippen molar-refractivity contribution >= 4 is 5.69 Å². The molecular weight excluding hydrogens is 278 g/mol. The van der Waals surface area contributed by atoms with Crippen LogP contribution >= 0.6 is 0 Å². The van der Waals surface area contributed by atoms with Crippen LogP contribution in [-0.4, -0.2) is 43.5 Å². The van der Waals surface area contributed by atoms with Crippen molar-refractivity contribution in [1.82, 2.24) is 19.7 Å². The Morgan fingerprint density at radius 1 is 1.41 bits per heavy atom. The molecule has 22 heavy (non-hydrogen) atoms. The number of β-amino-alcohol motifs (C(OH)–C–C–N with tert-alkyl or cyclic N) is 1. The maximum absolute atomic E-state index is 11.0. The van der Waals surface area contributed by atoms with E-state index < -0.39 is 5.60 Å². The Balaban J connectivity index is 1.76. The van der Waals surface area contributed by atoms with E-state index in [-0.39, 0.29) is 0 Å². The molecule has 0 amide bonds. The summed E-state index contributed by atoms with van der Waals surface area (Å²) < 4.78 is 1.87. The summed E-state index contributed by atoms with van der Waals surface area (Å²) in [5.41, 5.74) is 1.47. The lowest BCUT2D eigenvalue weighted by Gasteiger charge is -2.40. The summed E-state index contributed by atoms with van der Waals surface area (Å²) in [5.74, 6) is 0.827. The second-order valence-electron chi connectivity index (χ2n) is 6.14. The fourth-order valence-corrected chi connectivity index (χ4v) is 3.09. The van der Waals surface area contributed by atoms with Gasteiger partial charge in [-0.2, -0.15) is 0 Å². The van der Waals surface area contributed by atoms with E-state index in [0.29, 0.717) is 13.0 Å². The molecule has 6 heteroatoms. The average molecular weight is 301 g/mol. The predicted octanol–water partition coefficient (Wildman–Crippen LogP) is 1.35. The normalized spacial score (nSPS) is 22.0. The molecule has 0 radical (unpaired) electrons. The van der Waals surface area contributed by atoms with E-state index in [1.807, 2.05) is 23.9 Å². The molecule has 1 fully saturated rings. The minimum absolute atomic E-state index is 0.533. The van der Waals surface area contributed by atoms with Crippen LogP contribution in [0.1, 0.15) is 31.3 Å². The summed E-state index contributed by atoms with van der Waals surface area (Å²) >= 11 is 0. The summed E-state index contributed by atoms with van der Waals surface area (Å²) in [6.07, 6.45) is 6.75. The molecule has 0 spiro atoms. The van der Waals surface area contributed by atoms with Crippen molar-refractivity contribution in [1.29, 1.82) is 0 Å². The van der Waals surface area contributed by atoms with Crippen molar-refractivity contribution in [3.05, 3.63) is 36.2 Å². The predicted molar refractivity (Wildman–Crippen MR) is 84.7 cm³/mol. The van der Waals surface area contributed by atoms with Crippen LogP contribution in [-0.2, 0) is 19.9 Å². The van der Waals surface area contributed by atoms with Crippen molar-refractivity contribution in [3.8, 4) is 0 Å². The number of hydrogen-bond donors (Lipinski definition) is 1. The smallest absolute Gasteiger partial charge is 0.135 e. The number of nitrogens with zero attached hydrogens (tertiary/aromatic N) is 5. The molecule has 3 heterocycles. The van der Waals surface area contributed by atoms with Crippen LogP contribution in [0.2, 0.25) is 0 Å². The third-order valence-electron chi connectivity index (χ3n) is 4.38. The van der Waals surface area contributed by atoms with Gasteiger partial charge in [0, 0.05) is 44.1 Å². The number of anilines is 1. The Labute approximate surface area is 130 Å². The van der Waals surface area contributed by atoms with Crippen LogP contribution < -0.4 is 4.90 Å². The van der Waals surface area contributed by atoms with Gasteiger partial charge in [-0.05, 0) is 31.4 Å². The molecule has 2 aromatic heterocycles. The zero-order chi connectivity index (χ0) is 15.6. The third kappa shape index (κ3) is 3.11. The van der Waals surface area contributed by atoms with E-state index in [2.05, 4.69) is 33.1 Å². The summed E-state index contributed by atoms with van der Waals surface area (Å²) in [5, 5.41) is 19.0. The van der Waals surface area contributed by atoms with Gasteiger partial charge < -0.3 is 14.6 Å². The molecule has 0 aliphatic carbocycles. The van der Waals surface area contributed by atoms with E-state index in [9.17, 15) is 5.11 Å². The Morgan fingerprint density at radius 2 is 2.27 bits per heavy atom. The molecule has 1 aliphatic heterocycles. The Morgan fingerprint density at radius 3 is 3.00 bits per heavy atom. The highest BCUT2D eigenvalue weighted by molar-refractivity contribution is 5.47. The molecule has 1 unspecified atom stereocenters. The number of rotatable bonds is 4. The summed E-state index contributed by atoms with van der Waals surface area (Å²) in [4.78, 5) is 6.60. The van der Waals surface area contributed by atoms with E-state index in [4.69, 9.17) is 0 Å². The lowest BCUT2D eigenvalue weighted by Crippen LogP contribution is -2.50. The molecule has 0 aromatic carbocycles. The average Bonchev–Trinajstić information content (AvgIpc) is 2.92. The maximum atomic E-state index is 11.0. The number of piperidine rings is 1. The van der Waals surface area contributed by atoms with Crippen molar-refractivity contribution in [2.75, 3.05) is 18.0 Å². The first-order chi connectivity index (χ1) is 10.6. The number of aromatic nitrogens is 4. The molecule has 6 nitrogen and oxygen atoms in total. The van der Waals surface area contributed by atoms with Gasteiger partial charge in [0.15, 0.2) is 0 Å². The van der Waals surface area contributed by atoms with Crippen molar-refractivity contribution in [2.24, 2.45) is 7.05 Å². The topological polar surface area (TPSA) is 67.1 Å². The quantitative estimate of drug-likeness (QED) is 0.923. The van der Waals surface area contributed by atoms with Gasteiger partial charge in [-0.3, -0.25) is 4.98 Å². The maximum Gasteiger partial charge on any atom is 0.135 e. The standard InChI is InChI=1S/C16H23N5O/c1-3-13-9-14(5-7-17-13)21-8-4-6-16(22,11-21)10-15-19-18-12-20(15)2/h5,7,9,12,22H,3-4,6,8,10-11H2,1-2H3. The minimum Gasteiger partial charge on any atom is -0.388 e. The number of hydrogen-bond acceptors (Lipinski definition) is 5. The Bertz CT molecular complexity index is 641. The van der Waals surface area contributed by atoms with Crippen LogP contribution in [0.4, 0.5) is 5.69 Å². The molecule has 1 aliphatic rings. The van der Waals surface area contributed by atoms with Gasteiger partial charge >= 0.3 is 0 Å². The van der Waals surface area contributed by atoms with Gasteiger partial charge in [-0.25, -0.2) is 0 Å². The number of aryl methyl sites for hydroxylation is 2. The molecule has 1 N–H and O–H groups in total. The lowest BCUT2D eigenvalue weighted by molar-refractivity contribution is 0.0238. The van der Waals surface area contributed by atoms with E-state index in [1.165, 1.54) is 0 Å². The highest BCUT2D eigenvalue weighted by Gasteiger charge is 2.35. The largest absolute Gasteiger partial charge is 0.388 e. The molecule has 118 valence electrons. The van der Waals surface area contributed by atoms with E-state index in [1.54, 1.807) is 6.33 Å². The number of aliphatic hydroxyl groups is 1. The summed E-state index contributed by atoms with van der Waals surface area (Å²) in [6, 6.07) is 4.14. The van der Waals surface area contributed by atoms with Gasteiger partial charge in [0.05, 0.1) is 5.60 Å². The highest BCUT2D eigenvalue weighted by atomic mass is 16.3. The van der Waals surface area contributed by atoms with Crippen LogP contribution in [0.5, 0.6) is 0 Å². The first-order valence-corrected chi connectivity index (χ1v) is 7.85. The Hall–Kier alpha value is -1.95. The zero-order valence-electron chi connectivity index (χ0n) is 13.2. The highest BCUT2D eigenvalue weighted by Crippen LogP contribution is 2.28. The first kappa shape index (κ1) is 15.0. The molecule has 1 atom stereocenters. The van der Waals surface area contributed by atoms with Gasteiger partial charge in [0.2, 0.25) is 0 Å². The van der Waals surface area contributed by atoms with E-state index in [0.717, 1.165) is 43.0 Å². The summed E-state index contributed by atoms with van der Waals surface area (Å²) in [6.45, 7) is 3.69. The van der Waals surface area contributed by atoms with Crippen LogP contribution in [0.15, 0.2) is 24.7 Å². The zero-order valence-corrected chi connectivity index (χ0v) is 13.2.